The Morgan fingerprint density at radius 1 is 1.69 bits per heavy atom. The van der Waals surface area contributed by atoms with E-state index in [0.29, 0.717) is 5.70 Å². The van der Waals surface area contributed by atoms with E-state index < -0.39 is 0 Å². The molecule has 0 aliphatic heterocycles. The number of nitrogens with one attached hydrogen (secondary N) is 1. The number of nitrogens with two attached hydrogens (primary N) is 1. The summed E-state index contributed by atoms with van der Waals surface area (Å²) in [5, 5.41) is 7.13. The summed E-state index contributed by atoms with van der Waals surface area (Å²) >= 11 is 0. The van der Waals surface area contributed by atoms with Crippen molar-refractivity contribution in [2.45, 2.75) is 13.8 Å². The van der Waals surface area contributed by atoms with Gasteiger partial charge in [-0.1, -0.05) is 0 Å². The highest BCUT2D eigenvalue weighted by Gasteiger charge is 1.98. The van der Waals surface area contributed by atoms with Crippen molar-refractivity contribution in [2.24, 2.45) is 0 Å². The molecule has 0 amide bonds. The van der Waals surface area contributed by atoms with E-state index >= 15 is 0 Å². The van der Waals surface area contributed by atoms with Gasteiger partial charge in [-0.05, 0) is 13.8 Å². The third kappa shape index (κ3) is 2.58. The second kappa shape index (κ2) is 3.70. The van der Waals surface area contributed by atoms with E-state index in [1.165, 1.54) is 24.0 Å². The van der Waals surface area contributed by atoms with E-state index in [1.807, 2.05) is 0 Å². The van der Waals surface area contributed by atoms with Crippen LogP contribution >= 0.6 is 0 Å². The molecule has 6 nitrogen and oxygen atoms in total. The first-order chi connectivity index (χ1) is 6.09. The molecule has 0 bridgehead atoms. The van der Waals surface area contributed by atoms with Gasteiger partial charge in [-0.3, -0.25) is 10.2 Å². The van der Waals surface area contributed by atoms with Gasteiger partial charge >= 0.3 is 0 Å². The van der Waals surface area contributed by atoms with E-state index in [2.05, 4.69) is 15.6 Å². The molecule has 0 aromatic carbocycles. The van der Waals surface area contributed by atoms with Gasteiger partial charge in [0, 0.05) is 11.8 Å². The summed E-state index contributed by atoms with van der Waals surface area (Å²) < 4.78 is 1.43. The molecule has 6 heteroatoms. The van der Waals surface area contributed by atoms with Crippen LogP contribution in [-0.4, -0.2) is 20.7 Å². The predicted octanol–water partition coefficient (Wildman–Crippen LogP) is -0.103. The maximum absolute atomic E-state index is 10.7. The molecule has 0 saturated heterocycles. The molecular weight excluding hydrogens is 170 g/mol. The number of carbonyl (C=O) groups excluding carboxylic acids is 1. The molecule has 0 saturated carbocycles. The molecule has 70 valence electrons. The summed E-state index contributed by atoms with van der Waals surface area (Å²) in [6, 6.07) is 0. The molecule has 13 heavy (non-hydrogen) atoms. The van der Waals surface area contributed by atoms with Crippen LogP contribution in [0.15, 0.2) is 18.1 Å². The average Bonchev–Trinajstić information content (AvgIpc) is 2.34. The SMILES string of the molecule is CC(=O)/C=C(\C)Nn1cnnc1N. The number of hydrogen-bond donors (Lipinski definition) is 2. The van der Waals surface area contributed by atoms with Crippen LogP contribution in [0.25, 0.3) is 0 Å². The Morgan fingerprint density at radius 2 is 2.38 bits per heavy atom. The van der Waals surface area contributed by atoms with Gasteiger partial charge in [-0.25, -0.2) is 4.68 Å². The number of carbonyl (C=O) groups is 1. The third-order valence-corrected chi connectivity index (χ3v) is 1.29. The number of ketones is 1. The number of hydrogen-bond acceptors (Lipinski definition) is 5. The van der Waals surface area contributed by atoms with Gasteiger partial charge in [0.25, 0.3) is 0 Å². The van der Waals surface area contributed by atoms with Crippen molar-refractivity contribution in [2.75, 3.05) is 11.2 Å². The largest absolute Gasteiger partial charge is 0.366 e. The molecular formula is C7H11N5O. The molecule has 1 aromatic heterocycles. The Labute approximate surface area is 75.4 Å². The fourth-order valence-corrected chi connectivity index (χ4v) is 0.857. The molecule has 1 heterocycles. The summed E-state index contributed by atoms with van der Waals surface area (Å²) in [6.45, 7) is 3.22. The number of aromatic nitrogens is 3. The molecule has 1 rings (SSSR count). The third-order valence-electron chi connectivity index (χ3n) is 1.29. The molecule has 3 N–H and O–H groups in total. The van der Waals surface area contributed by atoms with Gasteiger partial charge in [0.05, 0.1) is 0 Å². The van der Waals surface area contributed by atoms with Crippen molar-refractivity contribution < 1.29 is 4.79 Å². The zero-order valence-corrected chi connectivity index (χ0v) is 7.48. The minimum absolute atomic E-state index is 0.0309. The number of anilines is 1. The van der Waals surface area contributed by atoms with Crippen LogP contribution < -0.4 is 11.2 Å². The number of nitrogens with zero attached hydrogens (tertiary/aromatic N) is 3. The van der Waals surface area contributed by atoms with Crippen molar-refractivity contribution in [3.8, 4) is 0 Å². The standard InChI is InChI=1S/C7H11N5O/c1-5(3-6(2)13)11-12-4-9-10-7(12)8/h3-4,11H,1-2H3,(H2,8,10)/b5-3+. The first kappa shape index (κ1) is 9.24. The van der Waals surface area contributed by atoms with Gasteiger partial charge in [-0.2, -0.15) is 0 Å². The Balaban J connectivity index is 2.70. The van der Waals surface area contributed by atoms with E-state index in [0.717, 1.165) is 0 Å². The van der Waals surface area contributed by atoms with Gasteiger partial charge in [0.15, 0.2) is 5.78 Å². The van der Waals surface area contributed by atoms with Crippen LogP contribution in [0.5, 0.6) is 0 Å². The van der Waals surface area contributed by atoms with Crippen LogP contribution in [0.4, 0.5) is 5.95 Å². The summed E-state index contributed by atoms with van der Waals surface area (Å²) in [4.78, 5) is 10.7. The van der Waals surface area contributed by atoms with E-state index in [4.69, 9.17) is 5.73 Å². The van der Waals surface area contributed by atoms with Crippen molar-refractivity contribution in [1.29, 1.82) is 0 Å². The quantitative estimate of drug-likeness (QED) is 0.636. The molecule has 0 aliphatic carbocycles. The van der Waals surface area contributed by atoms with Crippen LogP contribution in [0.2, 0.25) is 0 Å². The Bertz CT molecular complexity index is 340. The van der Waals surface area contributed by atoms with E-state index in [-0.39, 0.29) is 11.7 Å². The fraction of sp³-hybridized carbons (Fsp3) is 0.286. The lowest BCUT2D eigenvalue weighted by atomic mass is 10.3. The maximum Gasteiger partial charge on any atom is 0.241 e. The Morgan fingerprint density at radius 3 is 2.85 bits per heavy atom. The minimum Gasteiger partial charge on any atom is -0.366 e. The van der Waals surface area contributed by atoms with Crippen LogP contribution in [0.3, 0.4) is 0 Å². The molecule has 0 aliphatic rings. The van der Waals surface area contributed by atoms with Crippen LogP contribution in [0.1, 0.15) is 13.8 Å². The fourth-order valence-electron chi connectivity index (χ4n) is 0.857. The molecule has 0 unspecified atom stereocenters. The molecule has 0 radical (unpaired) electrons. The Hall–Kier alpha value is -1.85. The second-order valence-electron chi connectivity index (χ2n) is 2.61. The Kier molecular flexibility index (Phi) is 2.63. The van der Waals surface area contributed by atoms with E-state index in [1.54, 1.807) is 6.92 Å². The topological polar surface area (TPSA) is 85.8 Å². The number of rotatable bonds is 3. The first-order valence-electron chi connectivity index (χ1n) is 3.71. The van der Waals surface area contributed by atoms with Gasteiger partial charge < -0.3 is 5.73 Å². The number of nitrogen functional groups attached to an aromatic ring is 1. The van der Waals surface area contributed by atoms with Crippen molar-refractivity contribution in [3.63, 3.8) is 0 Å². The number of allylic oxidation sites excluding steroid dienone is 2. The summed E-state index contributed by atoms with van der Waals surface area (Å²) in [5.41, 5.74) is 8.94. The molecule has 0 atom stereocenters. The second-order valence-corrected chi connectivity index (χ2v) is 2.61. The van der Waals surface area contributed by atoms with Crippen molar-refractivity contribution in [3.05, 3.63) is 18.1 Å². The van der Waals surface area contributed by atoms with Crippen LogP contribution in [0, 0.1) is 0 Å². The summed E-state index contributed by atoms with van der Waals surface area (Å²) in [5.74, 6) is 0.216. The lowest BCUT2D eigenvalue weighted by Crippen LogP contribution is -2.14. The average molecular weight is 181 g/mol. The molecule has 0 fully saturated rings. The maximum atomic E-state index is 10.7. The van der Waals surface area contributed by atoms with Gasteiger partial charge in [0.1, 0.15) is 6.33 Å². The van der Waals surface area contributed by atoms with E-state index in [9.17, 15) is 4.79 Å². The van der Waals surface area contributed by atoms with Crippen LogP contribution in [-0.2, 0) is 4.79 Å². The lowest BCUT2D eigenvalue weighted by Gasteiger charge is -2.06. The van der Waals surface area contributed by atoms with Gasteiger partial charge in [-0.15, -0.1) is 10.2 Å². The van der Waals surface area contributed by atoms with Gasteiger partial charge in [0.2, 0.25) is 5.95 Å². The molecule has 1 aromatic rings. The monoisotopic (exact) mass is 181 g/mol. The molecule has 0 spiro atoms. The summed E-state index contributed by atoms with van der Waals surface area (Å²) in [6.07, 6.45) is 2.88. The highest BCUT2D eigenvalue weighted by molar-refractivity contribution is 5.88. The zero-order chi connectivity index (χ0) is 9.84. The minimum atomic E-state index is -0.0309. The summed E-state index contributed by atoms with van der Waals surface area (Å²) in [7, 11) is 0. The van der Waals surface area contributed by atoms with Crippen molar-refractivity contribution >= 4 is 11.7 Å². The smallest absolute Gasteiger partial charge is 0.241 e. The highest BCUT2D eigenvalue weighted by Crippen LogP contribution is 1.96. The first-order valence-corrected chi connectivity index (χ1v) is 3.71. The highest BCUT2D eigenvalue weighted by atomic mass is 16.1. The lowest BCUT2D eigenvalue weighted by molar-refractivity contribution is -0.112. The predicted molar refractivity (Wildman–Crippen MR) is 48.2 cm³/mol. The van der Waals surface area contributed by atoms with Crippen molar-refractivity contribution in [1.82, 2.24) is 14.9 Å². The normalized spacial score (nSPS) is 11.4. The zero-order valence-electron chi connectivity index (χ0n) is 7.48.